The molecule has 14 heteroatoms. The molecule has 5 aromatic rings. The van der Waals surface area contributed by atoms with Gasteiger partial charge in [-0.25, -0.2) is 19.7 Å². The molecular formula is C36H41N7O7. The van der Waals surface area contributed by atoms with Crippen molar-refractivity contribution in [3.8, 4) is 16.9 Å². The molecule has 6 N–H and O–H groups in total. The summed E-state index contributed by atoms with van der Waals surface area (Å²) in [6, 6.07) is 25.4. The fourth-order valence-electron chi connectivity index (χ4n) is 5.85. The number of aromatic nitrogens is 4. The average Bonchev–Trinajstić information content (AvgIpc) is 3.66. The summed E-state index contributed by atoms with van der Waals surface area (Å²) in [6.45, 7) is 3.27. The number of fused-ring (bicyclic) bond motifs is 1. The Morgan fingerprint density at radius 2 is 1.78 bits per heavy atom. The van der Waals surface area contributed by atoms with Gasteiger partial charge in [0, 0.05) is 25.2 Å². The van der Waals surface area contributed by atoms with Gasteiger partial charge in [0.15, 0.2) is 23.2 Å². The van der Waals surface area contributed by atoms with E-state index in [1.54, 1.807) is 4.90 Å². The maximum atomic E-state index is 12.7. The average molecular weight is 684 g/mol. The van der Waals surface area contributed by atoms with Crippen molar-refractivity contribution >= 4 is 29.0 Å². The molecule has 0 radical (unpaired) electrons. The van der Waals surface area contributed by atoms with Gasteiger partial charge in [0.1, 0.15) is 37.0 Å². The number of nitrogen functional groups attached to an aromatic ring is 1. The maximum Gasteiger partial charge on any atom is 0.410 e. The van der Waals surface area contributed by atoms with Crippen LogP contribution in [0, 0.1) is 0 Å². The summed E-state index contributed by atoms with van der Waals surface area (Å²) >= 11 is 0. The third-order valence-electron chi connectivity index (χ3n) is 8.53. The summed E-state index contributed by atoms with van der Waals surface area (Å²) in [5.41, 5.74) is 10.4. The van der Waals surface area contributed by atoms with Crippen LogP contribution in [0.5, 0.6) is 5.75 Å². The Hall–Kier alpha value is -5.28. The number of hydrogen-bond donors (Lipinski definition) is 5. The zero-order chi connectivity index (χ0) is 35.0. The number of nitrogens with one attached hydrogen (secondary N) is 1. The van der Waals surface area contributed by atoms with Crippen molar-refractivity contribution in [3.05, 3.63) is 96.3 Å². The topological polar surface area (TPSA) is 190 Å². The molecule has 0 saturated carbocycles. The Bertz CT molecular complexity index is 1880. The van der Waals surface area contributed by atoms with Crippen LogP contribution in [0.1, 0.15) is 30.7 Å². The van der Waals surface area contributed by atoms with Gasteiger partial charge < -0.3 is 45.5 Å². The molecule has 1 aliphatic rings. The van der Waals surface area contributed by atoms with E-state index in [0.717, 1.165) is 22.3 Å². The van der Waals surface area contributed by atoms with Crippen molar-refractivity contribution in [3.63, 3.8) is 0 Å². The minimum absolute atomic E-state index is 0.137. The molecule has 0 bridgehead atoms. The third kappa shape index (κ3) is 7.63. The van der Waals surface area contributed by atoms with E-state index in [2.05, 4.69) is 20.3 Å². The van der Waals surface area contributed by atoms with E-state index < -0.39 is 31.1 Å². The maximum absolute atomic E-state index is 12.7. The Labute approximate surface area is 289 Å². The number of amides is 1. The van der Waals surface area contributed by atoms with E-state index >= 15 is 0 Å². The van der Waals surface area contributed by atoms with Crippen molar-refractivity contribution in [2.24, 2.45) is 0 Å². The molecule has 1 amide bonds. The molecule has 1 aliphatic heterocycles. The highest BCUT2D eigenvalue weighted by Crippen LogP contribution is 2.36. The van der Waals surface area contributed by atoms with E-state index in [1.807, 2.05) is 85.8 Å². The van der Waals surface area contributed by atoms with Crippen LogP contribution in [0.2, 0.25) is 0 Å². The third-order valence-corrected chi connectivity index (χ3v) is 8.53. The van der Waals surface area contributed by atoms with E-state index in [9.17, 15) is 20.1 Å². The lowest BCUT2D eigenvalue weighted by molar-refractivity contribution is -0.0501. The quantitative estimate of drug-likeness (QED) is 0.107. The minimum Gasteiger partial charge on any atom is -0.493 e. The first-order valence-electron chi connectivity index (χ1n) is 16.5. The lowest BCUT2D eigenvalue weighted by atomic mass is 10.0. The zero-order valence-corrected chi connectivity index (χ0v) is 27.6. The second-order valence-electron chi connectivity index (χ2n) is 11.8. The summed E-state index contributed by atoms with van der Waals surface area (Å²) in [4.78, 5) is 27.3. The smallest absolute Gasteiger partial charge is 0.410 e. The van der Waals surface area contributed by atoms with Gasteiger partial charge in [-0.15, -0.1) is 0 Å². The minimum atomic E-state index is -1.36. The number of aliphatic hydroxyl groups is 3. The fraction of sp³-hybridized carbons (Fsp3) is 0.333. The number of carbonyl (C=O) groups excluding carboxylic acids is 1. The SMILES string of the molecule is CCN(CCCOc1cc(CNc2nc3c(N)ncnc3n2[C@@H]2O[C@H](CO)[C@@H](O)[C@H]2O)ccc1-c1ccccc1)C(=O)OCc1ccccc1. The Balaban J connectivity index is 1.17. The molecule has 50 heavy (non-hydrogen) atoms. The van der Waals surface area contributed by atoms with Gasteiger partial charge in [0.2, 0.25) is 5.95 Å². The number of aliphatic hydroxyl groups excluding tert-OH is 3. The number of ether oxygens (including phenoxy) is 3. The first-order valence-corrected chi connectivity index (χ1v) is 16.5. The molecule has 1 fully saturated rings. The standard InChI is InChI=1S/C36H41N7O7/c1-2-42(36(47)49-21-23-10-5-3-6-11-23)16-9-17-48-27-18-24(14-15-26(27)25-12-7-4-8-13-25)19-38-35-41-29-32(37)39-22-40-33(29)43(35)34-31(46)30(45)28(20-44)50-34/h3-8,10-15,18,22,28,30-31,34,44-46H,2,9,16-17,19-21H2,1H3,(H,38,41)(H2,37,39,40)/t28-,30-,31-,34-/m1/s1. The van der Waals surface area contributed by atoms with Crippen molar-refractivity contribution in [1.82, 2.24) is 24.4 Å². The van der Waals surface area contributed by atoms with Crippen molar-refractivity contribution in [2.75, 3.05) is 37.4 Å². The molecule has 1 saturated heterocycles. The molecular weight excluding hydrogens is 642 g/mol. The highest BCUT2D eigenvalue weighted by atomic mass is 16.6. The highest BCUT2D eigenvalue weighted by Gasteiger charge is 2.45. The number of nitrogens with zero attached hydrogens (tertiary/aromatic N) is 5. The summed E-state index contributed by atoms with van der Waals surface area (Å²) in [5.74, 6) is 1.07. The van der Waals surface area contributed by atoms with Crippen molar-refractivity contribution < 1.29 is 34.3 Å². The van der Waals surface area contributed by atoms with E-state index in [1.165, 1.54) is 10.9 Å². The van der Waals surface area contributed by atoms with Crippen LogP contribution < -0.4 is 15.8 Å². The number of imidazole rings is 1. The fourth-order valence-corrected chi connectivity index (χ4v) is 5.85. The second kappa shape index (κ2) is 16.0. The van der Waals surface area contributed by atoms with Crippen molar-refractivity contribution in [1.29, 1.82) is 0 Å². The molecule has 14 nitrogen and oxygen atoms in total. The molecule has 3 aromatic carbocycles. The van der Waals surface area contributed by atoms with Gasteiger partial charge in [-0.3, -0.25) is 4.57 Å². The van der Waals surface area contributed by atoms with Crippen LogP contribution >= 0.6 is 0 Å². The Kier molecular flexibility index (Phi) is 11.0. The molecule has 6 rings (SSSR count). The van der Waals surface area contributed by atoms with Gasteiger partial charge in [-0.2, -0.15) is 0 Å². The largest absolute Gasteiger partial charge is 0.493 e. The number of anilines is 2. The molecule has 4 atom stereocenters. The summed E-state index contributed by atoms with van der Waals surface area (Å²) in [5, 5.41) is 34.2. The van der Waals surface area contributed by atoms with Gasteiger partial charge in [0.25, 0.3) is 0 Å². The highest BCUT2D eigenvalue weighted by molar-refractivity contribution is 5.84. The first-order chi connectivity index (χ1) is 24.4. The van der Waals surface area contributed by atoms with E-state index in [0.29, 0.717) is 43.0 Å². The molecule has 0 aliphatic carbocycles. The number of rotatable bonds is 14. The molecule has 262 valence electrons. The monoisotopic (exact) mass is 683 g/mol. The molecule has 0 spiro atoms. The van der Waals surface area contributed by atoms with E-state index in [4.69, 9.17) is 19.9 Å². The number of benzene rings is 3. The van der Waals surface area contributed by atoms with Gasteiger partial charge in [0.05, 0.1) is 13.2 Å². The number of hydrogen-bond acceptors (Lipinski definition) is 12. The summed E-state index contributed by atoms with van der Waals surface area (Å²) in [7, 11) is 0. The van der Waals surface area contributed by atoms with E-state index in [-0.39, 0.29) is 31.0 Å². The van der Waals surface area contributed by atoms with Crippen LogP contribution in [0.15, 0.2) is 85.2 Å². The summed E-state index contributed by atoms with van der Waals surface area (Å²) < 4.78 is 19.2. The lowest BCUT2D eigenvalue weighted by Crippen LogP contribution is -2.33. The first kappa shape index (κ1) is 34.6. The lowest BCUT2D eigenvalue weighted by Gasteiger charge is -2.21. The van der Waals surface area contributed by atoms with Crippen LogP contribution in [-0.2, 0) is 22.6 Å². The van der Waals surface area contributed by atoms with Crippen LogP contribution in [0.25, 0.3) is 22.3 Å². The second-order valence-corrected chi connectivity index (χ2v) is 11.8. The molecule has 0 unspecified atom stereocenters. The Morgan fingerprint density at radius 3 is 2.50 bits per heavy atom. The number of nitrogens with two attached hydrogens (primary N) is 1. The van der Waals surface area contributed by atoms with Crippen LogP contribution in [0.4, 0.5) is 16.6 Å². The summed E-state index contributed by atoms with van der Waals surface area (Å²) in [6.07, 6.45) is -3.27. The number of carbonyl (C=O) groups is 1. The van der Waals surface area contributed by atoms with Crippen molar-refractivity contribution in [2.45, 2.75) is 51.0 Å². The molecule has 2 aromatic heterocycles. The zero-order valence-electron chi connectivity index (χ0n) is 27.6. The normalized spacial score (nSPS) is 18.6. The van der Waals surface area contributed by atoms with Gasteiger partial charge in [-0.05, 0) is 36.1 Å². The predicted octanol–water partition coefficient (Wildman–Crippen LogP) is 3.73. The Morgan fingerprint density at radius 1 is 1.02 bits per heavy atom. The van der Waals surface area contributed by atoms with Crippen LogP contribution in [-0.4, -0.2) is 90.4 Å². The van der Waals surface area contributed by atoms with Crippen LogP contribution in [0.3, 0.4) is 0 Å². The molecule has 3 heterocycles. The van der Waals surface area contributed by atoms with Gasteiger partial charge in [-0.1, -0.05) is 72.8 Å². The van der Waals surface area contributed by atoms with Gasteiger partial charge >= 0.3 is 6.09 Å². The predicted molar refractivity (Wildman–Crippen MR) is 186 cm³/mol.